The van der Waals surface area contributed by atoms with Gasteiger partial charge in [-0.05, 0) is 44.8 Å². The summed E-state index contributed by atoms with van der Waals surface area (Å²) in [5, 5.41) is 25.0. The summed E-state index contributed by atoms with van der Waals surface area (Å²) >= 11 is 0. The molecule has 0 fully saturated rings. The maximum absolute atomic E-state index is 10.5. The van der Waals surface area contributed by atoms with Crippen LogP contribution in [0.25, 0.3) is 21.5 Å². The Morgan fingerprint density at radius 3 is 1.19 bits per heavy atom. The fourth-order valence-corrected chi connectivity index (χ4v) is 2.63. The van der Waals surface area contributed by atoms with E-state index in [2.05, 4.69) is 0 Å². The number of carboxylic acids is 2. The molecule has 4 aromatic carbocycles. The second-order valence-electron chi connectivity index (χ2n) is 5.70. The number of fused-ring (bicyclic) bond motifs is 2. The minimum Gasteiger partial charge on any atom is -0.545 e. The molecule has 0 N–H and O–H groups in total. The Morgan fingerprint density at radius 2 is 0.852 bits per heavy atom. The summed E-state index contributed by atoms with van der Waals surface area (Å²) in [6.07, 6.45) is 0. The molecule has 5 heteroatoms. The molecule has 0 atom stereocenters. The summed E-state index contributed by atoms with van der Waals surface area (Å²) in [4.78, 5) is 21.1. The smallest absolute Gasteiger partial charge is 0.545 e. The summed E-state index contributed by atoms with van der Waals surface area (Å²) in [5.74, 6) is -2.27. The van der Waals surface area contributed by atoms with Crippen LogP contribution in [-0.2, 0) is 16.5 Å². The van der Waals surface area contributed by atoms with Crippen LogP contribution in [0, 0.1) is 0 Å². The number of hydrogen-bond donors (Lipinski definition) is 0. The van der Waals surface area contributed by atoms with Gasteiger partial charge in [-0.15, -0.1) is 0 Å². The molecule has 0 unspecified atom stereocenters. The maximum Gasteiger partial charge on any atom is 2.00 e. The number of carbonyl (C=O) groups is 2. The van der Waals surface area contributed by atoms with Crippen molar-refractivity contribution in [3.8, 4) is 0 Å². The quantitative estimate of drug-likeness (QED) is 0.484. The van der Waals surface area contributed by atoms with Crippen LogP contribution < -0.4 is 10.2 Å². The van der Waals surface area contributed by atoms with Gasteiger partial charge in [0, 0.05) is 0 Å². The molecule has 0 radical (unpaired) electrons. The van der Waals surface area contributed by atoms with Crippen LogP contribution in [0.15, 0.2) is 84.9 Å². The van der Waals surface area contributed by atoms with Gasteiger partial charge in [0.2, 0.25) is 0 Å². The molecule has 0 saturated heterocycles. The second kappa shape index (κ2) is 8.97. The van der Waals surface area contributed by atoms with Gasteiger partial charge in [0.05, 0.1) is 11.9 Å². The summed E-state index contributed by atoms with van der Waals surface area (Å²) in [5.41, 5.74) is 0.442. The number of benzene rings is 4. The second-order valence-corrected chi connectivity index (χ2v) is 5.70. The summed E-state index contributed by atoms with van der Waals surface area (Å²) in [6.45, 7) is 0. The van der Waals surface area contributed by atoms with Crippen molar-refractivity contribution in [1.82, 2.24) is 0 Å². The predicted molar refractivity (Wildman–Crippen MR) is 96.6 cm³/mol. The molecule has 27 heavy (non-hydrogen) atoms. The first kappa shape index (κ1) is 20.1. The third-order valence-corrected chi connectivity index (χ3v) is 3.97. The molecule has 0 heterocycles. The van der Waals surface area contributed by atoms with Gasteiger partial charge < -0.3 is 19.8 Å². The first-order valence-corrected chi connectivity index (χ1v) is 7.95. The molecule has 0 saturated carbocycles. The van der Waals surface area contributed by atoms with Gasteiger partial charge in [0.1, 0.15) is 0 Å². The van der Waals surface area contributed by atoms with E-state index in [1.54, 1.807) is 36.4 Å². The molecular formula is C22H14NiO4. The van der Waals surface area contributed by atoms with Crippen LogP contribution in [0.5, 0.6) is 0 Å². The third kappa shape index (κ3) is 4.93. The van der Waals surface area contributed by atoms with Crippen molar-refractivity contribution >= 4 is 33.5 Å². The SMILES string of the molecule is O=C([O-])c1ccc2ccccc2c1.O=C([O-])c1ccc2ccccc2c1.[Ni+2]. The van der Waals surface area contributed by atoms with E-state index in [1.807, 2.05) is 48.5 Å². The van der Waals surface area contributed by atoms with Gasteiger partial charge in [-0.2, -0.15) is 0 Å². The van der Waals surface area contributed by atoms with Gasteiger partial charge in [0.25, 0.3) is 0 Å². The molecule has 0 amide bonds. The molecule has 4 rings (SSSR count). The molecule has 0 aliphatic rings. The van der Waals surface area contributed by atoms with Crippen molar-refractivity contribution in [2.75, 3.05) is 0 Å². The molecule has 0 bridgehead atoms. The van der Waals surface area contributed by atoms with Gasteiger partial charge in [-0.1, -0.05) is 72.8 Å². The molecule has 0 spiro atoms. The van der Waals surface area contributed by atoms with Crippen molar-refractivity contribution in [1.29, 1.82) is 0 Å². The Hall–Kier alpha value is -3.17. The Labute approximate surface area is 166 Å². The average Bonchev–Trinajstić information content (AvgIpc) is 2.67. The van der Waals surface area contributed by atoms with Gasteiger partial charge in [-0.3, -0.25) is 0 Å². The molecule has 0 aromatic heterocycles. The number of aromatic carboxylic acids is 2. The topological polar surface area (TPSA) is 80.3 Å². The number of carbonyl (C=O) groups excluding carboxylic acids is 2. The molecule has 0 aliphatic heterocycles. The predicted octanol–water partition coefficient (Wildman–Crippen LogP) is 2.40. The Kier molecular flexibility index (Phi) is 6.69. The summed E-state index contributed by atoms with van der Waals surface area (Å²) in [6, 6.07) is 25.1. The van der Waals surface area contributed by atoms with E-state index in [0.717, 1.165) is 21.5 Å². The van der Waals surface area contributed by atoms with E-state index in [0.29, 0.717) is 0 Å². The van der Waals surface area contributed by atoms with Crippen LogP contribution in [-0.4, -0.2) is 11.9 Å². The maximum atomic E-state index is 10.5. The largest absolute Gasteiger partial charge is 2.00 e. The average molecular weight is 401 g/mol. The van der Waals surface area contributed by atoms with Crippen LogP contribution in [0.2, 0.25) is 0 Å². The fourth-order valence-electron chi connectivity index (χ4n) is 2.63. The molecular weight excluding hydrogens is 387 g/mol. The zero-order chi connectivity index (χ0) is 18.5. The van der Waals surface area contributed by atoms with Crippen LogP contribution >= 0.6 is 0 Å². The fraction of sp³-hybridized carbons (Fsp3) is 0. The van der Waals surface area contributed by atoms with E-state index in [9.17, 15) is 19.8 Å². The van der Waals surface area contributed by atoms with Crippen molar-refractivity contribution in [2.45, 2.75) is 0 Å². The van der Waals surface area contributed by atoms with E-state index in [-0.39, 0.29) is 27.6 Å². The molecule has 4 aromatic rings. The van der Waals surface area contributed by atoms with Crippen molar-refractivity contribution < 1.29 is 36.3 Å². The Bertz CT molecular complexity index is 1020. The van der Waals surface area contributed by atoms with Crippen molar-refractivity contribution in [2.24, 2.45) is 0 Å². The number of rotatable bonds is 2. The van der Waals surface area contributed by atoms with Crippen LogP contribution in [0.1, 0.15) is 20.7 Å². The first-order chi connectivity index (χ1) is 12.5. The Morgan fingerprint density at radius 1 is 0.519 bits per heavy atom. The zero-order valence-corrected chi connectivity index (χ0v) is 15.0. The van der Waals surface area contributed by atoms with Gasteiger partial charge >= 0.3 is 16.5 Å². The minimum atomic E-state index is -1.13. The van der Waals surface area contributed by atoms with E-state index < -0.39 is 11.9 Å². The minimum absolute atomic E-state index is 0. The van der Waals surface area contributed by atoms with E-state index in [1.165, 1.54) is 0 Å². The van der Waals surface area contributed by atoms with Gasteiger partial charge in [0.15, 0.2) is 0 Å². The summed E-state index contributed by atoms with van der Waals surface area (Å²) < 4.78 is 0. The number of hydrogen-bond acceptors (Lipinski definition) is 4. The van der Waals surface area contributed by atoms with Gasteiger partial charge in [-0.25, -0.2) is 0 Å². The zero-order valence-electron chi connectivity index (χ0n) is 14.0. The molecule has 136 valence electrons. The third-order valence-electron chi connectivity index (χ3n) is 3.97. The Balaban J connectivity index is 0.000000187. The summed E-state index contributed by atoms with van der Waals surface area (Å²) in [7, 11) is 0. The van der Waals surface area contributed by atoms with E-state index in [4.69, 9.17) is 0 Å². The standard InChI is InChI=1S/2C11H8O2.Ni/c2*12-11(13)10-6-5-8-3-1-2-4-9(8)7-10;/h2*1-7H,(H,12,13);/q;;+2/p-2. The normalized spacial score (nSPS) is 9.78. The number of carboxylic acid groups (broad SMARTS) is 2. The van der Waals surface area contributed by atoms with E-state index >= 15 is 0 Å². The first-order valence-electron chi connectivity index (χ1n) is 7.95. The van der Waals surface area contributed by atoms with Crippen molar-refractivity contribution in [3.63, 3.8) is 0 Å². The van der Waals surface area contributed by atoms with Crippen molar-refractivity contribution in [3.05, 3.63) is 96.1 Å². The van der Waals surface area contributed by atoms with Crippen LogP contribution in [0.3, 0.4) is 0 Å². The monoisotopic (exact) mass is 400 g/mol. The van der Waals surface area contributed by atoms with Crippen LogP contribution in [0.4, 0.5) is 0 Å². The molecule has 0 aliphatic carbocycles. The molecule has 4 nitrogen and oxygen atoms in total.